The Morgan fingerprint density at radius 2 is 1.86 bits per heavy atom. The highest BCUT2D eigenvalue weighted by Crippen LogP contribution is 2.26. The normalized spacial score (nSPS) is 14.3. The molecule has 1 aliphatic rings. The minimum atomic E-state index is -0.299. The molecule has 7 nitrogen and oxygen atoms in total. The Kier molecular flexibility index (Phi) is 6.94. The lowest BCUT2D eigenvalue weighted by Gasteiger charge is -2.31. The molecule has 1 heterocycles. The molecule has 154 valence electrons. The van der Waals surface area contributed by atoms with E-state index >= 15 is 0 Å². The summed E-state index contributed by atoms with van der Waals surface area (Å²) in [6, 6.07) is 14.1. The van der Waals surface area contributed by atoms with Crippen molar-refractivity contribution in [2.45, 2.75) is 19.4 Å². The molecule has 2 aromatic rings. The van der Waals surface area contributed by atoms with Gasteiger partial charge in [-0.05, 0) is 42.5 Å². The lowest BCUT2D eigenvalue weighted by Crippen LogP contribution is -2.41. The zero-order chi connectivity index (χ0) is 20.6. The largest absolute Gasteiger partial charge is 0.504 e. The van der Waals surface area contributed by atoms with Crippen molar-refractivity contribution in [3.05, 3.63) is 59.7 Å². The van der Waals surface area contributed by atoms with E-state index in [-0.39, 0.29) is 30.1 Å². The molecule has 2 aromatic carbocycles. The molecule has 0 atom stereocenters. The van der Waals surface area contributed by atoms with Crippen molar-refractivity contribution in [1.29, 1.82) is 0 Å². The molecule has 3 rings (SSSR count). The fourth-order valence-electron chi connectivity index (χ4n) is 3.29. The second-order valence-electron chi connectivity index (χ2n) is 7.07. The lowest BCUT2D eigenvalue weighted by molar-refractivity contribution is 0.0800. The van der Waals surface area contributed by atoms with Crippen molar-refractivity contribution >= 4 is 12.0 Å². The summed E-state index contributed by atoms with van der Waals surface area (Å²) in [6.07, 6.45) is 1.31. The predicted octanol–water partition coefficient (Wildman–Crippen LogP) is 3.18. The van der Waals surface area contributed by atoms with E-state index in [9.17, 15) is 14.7 Å². The van der Waals surface area contributed by atoms with E-state index in [1.165, 1.54) is 19.2 Å². The lowest BCUT2D eigenvalue weighted by atomic mass is 9.97. The van der Waals surface area contributed by atoms with Crippen LogP contribution in [0.5, 0.6) is 11.5 Å². The van der Waals surface area contributed by atoms with Gasteiger partial charge in [0.15, 0.2) is 11.5 Å². The third-order valence-electron chi connectivity index (χ3n) is 5.07. The number of phenols is 1. The first kappa shape index (κ1) is 20.5. The zero-order valence-electron chi connectivity index (χ0n) is 16.5. The molecule has 2 amide bonds. The number of methoxy groups -OCH3 is 1. The number of nitrogens with one attached hydrogen (secondary N) is 1. The fraction of sp³-hybridized carbons (Fsp3) is 0.364. The Morgan fingerprint density at radius 3 is 2.55 bits per heavy atom. The summed E-state index contributed by atoms with van der Waals surface area (Å²) >= 11 is 0. The van der Waals surface area contributed by atoms with Crippen LogP contribution in [-0.2, 0) is 11.3 Å². The van der Waals surface area contributed by atoms with E-state index in [0.717, 1.165) is 18.4 Å². The van der Waals surface area contributed by atoms with Crippen LogP contribution in [0.4, 0.5) is 4.79 Å². The number of likely N-dealkylation sites (tertiary alicyclic amines) is 1. The summed E-state index contributed by atoms with van der Waals surface area (Å²) < 4.78 is 10.4. The van der Waals surface area contributed by atoms with Crippen LogP contribution < -0.4 is 10.1 Å². The molecule has 2 N–H and O–H groups in total. The first-order chi connectivity index (χ1) is 14.1. The van der Waals surface area contributed by atoms with E-state index in [2.05, 4.69) is 5.32 Å². The molecular weight excluding hydrogens is 372 g/mol. The number of carbonyl (C=O) groups is 2. The van der Waals surface area contributed by atoms with Crippen LogP contribution >= 0.6 is 0 Å². The van der Waals surface area contributed by atoms with E-state index in [4.69, 9.17) is 9.47 Å². The molecule has 0 unspecified atom stereocenters. The zero-order valence-corrected chi connectivity index (χ0v) is 16.5. The van der Waals surface area contributed by atoms with E-state index in [1.54, 1.807) is 11.0 Å². The first-order valence-corrected chi connectivity index (χ1v) is 9.67. The summed E-state index contributed by atoms with van der Waals surface area (Å²) in [5, 5.41) is 12.5. The molecule has 0 radical (unpaired) electrons. The molecule has 29 heavy (non-hydrogen) atoms. The number of nitrogens with zero attached hydrogens (tertiary/aromatic N) is 1. The highest BCUT2D eigenvalue weighted by molar-refractivity contribution is 5.94. The highest BCUT2D eigenvalue weighted by atomic mass is 16.6. The van der Waals surface area contributed by atoms with Crippen molar-refractivity contribution in [2.75, 3.05) is 26.7 Å². The van der Waals surface area contributed by atoms with Crippen molar-refractivity contribution in [1.82, 2.24) is 10.2 Å². The quantitative estimate of drug-likeness (QED) is 0.780. The maximum Gasteiger partial charge on any atom is 0.410 e. The number of hydrogen-bond acceptors (Lipinski definition) is 5. The smallest absolute Gasteiger partial charge is 0.410 e. The summed E-state index contributed by atoms with van der Waals surface area (Å²) in [7, 11) is 1.44. The van der Waals surface area contributed by atoms with Crippen LogP contribution in [0, 0.1) is 5.92 Å². The van der Waals surface area contributed by atoms with Gasteiger partial charge >= 0.3 is 6.09 Å². The Labute approximate surface area is 170 Å². The molecule has 0 spiro atoms. The number of aromatic hydroxyl groups is 1. The van der Waals surface area contributed by atoms with Gasteiger partial charge in [-0.3, -0.25) is 4.79 Å². The molecule has 1 fully saturated rings. The minimum absolute atomic E-state index is 0.00410. The van der Waals surface area contributed by atoms with Gasteiger partial charge in [0.25, 0.3) is 5.91 Å². The molecule has 1 aliphatic heterocycles. The highest BCUT2D eigenvalue weighted by Gasteiger charge is 2.24. The van der Waals surface area contributed by atoms with Crippen LogP contribution in [-0.4, -0.2) is 48.8 Å². The molecular formula is C22H26N2O5. The summed E-state index contributed by atoms with van der Waals surface area (Å²) in [6.45, 7) is 2.03. The van der Waals surface area contributed by atoms with Crippen LogP contribution in [0.25, 0.3) is 0 Å². The van der Waals surface area contributed by atoms with Crippen molar-refractivity contribution in [2.24, 2.45) is 5.92 Å². The van der Waals surface area contributed by atoms with Gasteiger partial charge < -0.3 is 24.8 Å². The third-order valence-corrected chi connectivity index (χ3v) is 5.07. The van der Waals surface area contributed by atoms with Gasteiger partial charge in [-0.25, -0.2) is 4.79 Å². The van der Waals surface area contributed by atoms with Gasteiger partial charge in [-0.1, -0.05) is 30.3 Å². The maximum absolute atomic E-state index is 12.3. The predicted molar refractivity (Wildman–Crippen MR) is 108 cm³/mol. The number of benzene rings is 2. The number of ether oxygens (including phenoxy) is 2. The van der Waals surface area contributed by atoms with Gasteiger partial charge in [-0.2, -0.15) is 0 Å². The SMILES string of the molecule is COc1cc(C(=O)NCC2CCN(C(=O)OCc3ccccc3)CC2)ccc1O. The number of piperidine rings is 1. The van der Waals surface area contributed by atoms with E-state index < -0.39 is 0 Å². The summed E-state index contributed by atoms with van der Waals surface area (Å²) in [5.41, 5.74) is 1.39. The van der Waals surface area contributed by atoms with Gasteiger partial charge in [0, 0.05) is 25.2 Å². The van der Waals surface area contributed by atoms with Gasteiger partial charge in [0.2, 0.25) is 0 Å². The second kappa shape index (κ2) is 9.82. The first-order valence-electron chi connectivity index (χ1n) is 9.67. The Balaban J connectivity index is 1.40. The second-order valence-corrected chi connectivity index (χ2v) is 7.07. The van der Waals surface area contributed by atoms with Gasteiger partial charge in [0.05, 0.1) is 7.11 Å². The van der Waals surface area contributed by atoms with E-state index in [1.807, 2.05) is 30.3 Å². The minimum Gasteiger partial charge on any atom is -0.504 e. The van der Waals surface area contributed by atoms with Crippen molar-refractivity contribution in [3.63, 3.8) is 0 Å². The Morgan fingerprint density at radius 1 is 1.14 bits per heavy atom. The van der Waals surface area contributed by atoms with Crippen LogP contribution in [0.1, 0.15) is 28.8 Å². The number of amides is 2. The standard InChI is InChI=1S/C22H26N2O5/c1-28-20-13-18(7-8-19(20)25)21(26)23-14-16-9-11-24(12-10-16)22(27)29-15-17-5-3-2-4-6-17/h2-8,13,16,25H,9-12,14-15H2,1H3,(H,23,26). The van der Waals surface area contributed by atoms with E-state index in [0.29, 0.717) is 31.1 Å². The average Bonchev–Trinajstić information content (AvgIpc) is 2.77. The van der Waals surface area contributed by atoms with Crippen LogP contribution in [0.15, 0.2) is 48.5 Å². The molecule has 0 aromatic heterocycles. The Bertz CT molecular complexity index is 832. The molecule has 0 saturated carbocycles. The average molecular weight is 398 g/mol. The number of rotatable bonds is 6. The number of carbonyl (C=O) groups excluding carboxylic acids is 2. The maximum atomic E-state index is 12.3. The van der Waals surface area contributed by atoms with Crippen molar-refractivity contribution in [3.8, 4) is 11.5 Å². The molecule has 7 heteroatoms. The summed E-state index contributed by atoms with van der Waals surface area (Å²) in [5.74, 6) is 0.347. The summed E-state index contributed by atoms with van der Waals surface area (Å²) in [4.78, 5) is 26.3. The fourth-order valence-corrected chi connectivity index (χ4v) is 3.29. The topological polar surface area (TPSA) is 88.1 Å². The molecule has 0 bridgehead atoms. The number of phenolic OH excluding ortho intramolecular Hbond substituents is 1. The molecule has 0 aliphatic carbocycles. The van der Waals surface area contributed by atoms with Crippen molar-refractivity contribution < 1.29 is 24.2 Å². The van der Waals surface area contributed by atoms with Gasteiger partial charge in [0.1, 0.15) is 6.61 Å². The molecule has 1 saturated heterocycles. The Hall–Kier alpha value is -3.22. The van der Waals surface area contributed by atoms with Gasteiger partial charge in [-0.15, -0.1) is 0 Å². The van der Waals surface area contributed by atoms with Crippen LogP contribution in [0.2, 0.25) is 0 Å². The monoisotopic (exact) mass is 398 g/mol. The number of hydrogen-bond donors (Lipinski definition) is 2. The third kappa shape index (κ3) is 5.63. The van der Waals surface area contributed by atoms with Crippen LogP contribution in [0.3, 0.4) is 0 Å².